The third kappa shape index (κ3) is 2.69. The Hall–Kier alpha value is -1.72. The van der Waals surface area contributed by atoms with Crippen molar-refractivity contribution in [1.82, 2.24) is 0 Å². The van der Waals surface area contributed by atoms with Crippen LogP contribution in [0.4, 0.5) is 24.5 Å². The number of nitrogens with one attached hydrogen (secondary N) is 2. The molecule has 1 heterocycles. The molecule has 1 aromatic rings. The predicted molar refractivity (Wildman–Crippen MR) is 57.9 cm³/mol. The molecule has 1 aromatic carbocycles. The smallest absolute Gasteiger partial charge is 0.385 e. The number of carbonyl (C=O) groups is 1. The number of carbonyl (C=O) groups excluding carboxylic acids is 1. The Labute approximate surface area is 96.0 Å². The van der Waals surface area contributed by atoms with Gasteiger partial charge in [0.15, 0.2) is 0 Å². The predicted octanol–water partition coefficient (Wildman–Crippen LogP) is 2.55. The van der Waals surface area contributed by atoms with Gasteiger partial charge in [-0.05, 0) is 36.6 Å². The highest BCUT2D eigenvalue weighted by atomic mass is 19.4. The molecule has 2 N–H and O–H groups in total. The van der Waals surface area contributed by atoms with Gasteiger partial charge in [-0.3, -0.25) is 4.79 Å². The van der Waals surface area contributed by atoms with Crippen LogP contribution in [0, 0.1) is 0 Å². The normalized spacial score (nSPS) is 14.8. The lowest BCUT2D eigenvalue weighted by atomic mass is 10.0. The van der Waals surface area contributed by atoms with E-state index in [9.17, 15) is 18.0 Å². The van der Waals surface area contributed by atoms with Crippen molar-refractivity contribution in [2.75, 3.05) is 17.2 Å². The first-order valence-corrected chi connectivity index (χ1v) is 5.22. The Morgan fingerprint density at radius 2 is 2.12 bits per heavy atom. The minimum absolute atomic E-state index is 0.176. The number of halogens is 3. The van der Waals surface area contributed by atoms with Gasteiger partial charge in [-0.15, -0.1) is 0 Å². The molecule has 0 saturated carbocycles. The maximum atomic E-state index is 12.0. The zero-order chi connectivity index (χ0) is 12.5. The molecule has 0 aromatic heterocycles. The van der Waals surface area contributed by atoms with Gasteiger partial charge in [0, 0.05) is 17.9 Å². The van der Waals surface area contributed by atoms with E-state index in [1.165, 1.54) is 6.07 Å². The summed E-state index contributed by atoms with van der Waals surface area (Å²) in [5.41, 5.74) is 2.02. The van der Waals surface area contributed by atoms with Crippen LogP contribution in [0.1, 0.15) is 12.0 Å². The van der Waals surface area contributed by atoms with Crippen LogP contribution in [-0.2, 0) is 11.2 Å². The van der Waals surface area contributed by atoms with Gasteiger partial charge in [-0.25, -0.2) is 0 Å². The third-order valence-electron chi connectivity index (χ3n) is 2.56. The molecule has 2 rings (SSSR count). The fourth-order valence-corrected chi connectivity index (χ4v) is 1.75. The molecule has 0 unspecified atom stereocenters. The minimum atomic E-state index is -4.85. The number of hydrogen-bond acceptors (Lipinski definition) is 2. The first kappa shape index (κ1) is 11.8. The monoisotopic (exact) mass is 244 g/mol. The maximum Gasteiger partial charge on any atom is 0.471 e. The van der Waals surface area contributed by atoms with Crippen LogP contribution in [0.3, 0.4) is 0 Å². The average molecular weight is 244 g/mol. The van der Waals surface area contributed by atoms with Gasteiger partial charge in [-0.2, -0.15) is 13.2 Å². The number of aryl methyl sites for hydroxylation is 1. The van der Waals surface area contributed by atoms with E-state index < -0.39 is 12.1 Å². The largest absolute Gasteiger partial charge is 0.471 e. The zero-order valence-corrected chi connectivity index (χ0v) is 8.90. The van der Waals surface area contributed by atoms with Crippen LogP contribution < -0.4 is 10.6 Å². The molecule has 1 amide bonds. The number of fused-ring (bicyclic) bond motifs is 1. The van der Waals surface area contributed by atoms with Crippen molar-refractivity contribution < 1.29 is 18.0 Å². The second kappa shape index (κ2) is 4.27. The maximum absolute atomic E-state index is 12.0. The molecule has 0 radical (unpaired) electrons. The van der Waals surface area contributed by atoms with E-state index in [1.807, 2.05) is 5.32 Å². The lowest BCUT2D eigenvalue weighted by Gasteiger charge is -2.19. The standard InChI is InChI=1S/C11H11F3N2O/c12-11(13,14)10(17)16-8-3-4-9-7(6-8)2-1-5-15-9/h3-4,6,15H,1-2,5H2,(H,16,17). The van der Waals surface area contributed by atoms with Crippen LogP contribution in [-0.4, -0.2) is 18.6 Å². The van der Waals surface area contributed by atoms with Crippen molar-refractivity contribution in [2.24, 2.45) is 0 Å². The van der Waals surface area contributed by atoms with E-state index in [0.717, 1.165) is 30.6 Å². The highest BCUT2D eigenvalue weighted by Crippen LogP contribution is 2.26. The quantitative estimate of drug-likeness (QED) is 0.797. The topological polar surface area (TPSA) is 41.1 Å². The molecule has 0 saturated heterocycles. The Morgan fingerprint density at radius 1 is 1.35 bits per heavy atom. The Bertz CT molecular complexity index is 443. The summed E-state index contributed by atoms with van der Waals surface area (Å²) in [6, 6.07) is 4.71. The van der Waals surface area contributed by atoms with Crippen molar-refractivity contribution in [1.29, 1.82) is 0 Å². The molecule has 3 nitrogen and oxygen atoms in total. The van der Waals surface area contributed by atoms with Crippen molar-refractivity contribution >= 4 is 17.3 Å². The van der Waals surface area contributed by atoms with Crippen molar-refractivity contribution in [3.8, 4) is 0 Å². The lowest BCUT2D eigenvalue weighted by molar-refractivity contribution is -0.167. The molecule has 0 spiro atoms. The minimum Gasteiger partial charge on any atom is -0.385 e. The van der Waals surface area contributed by atoms with Gasteiger partial charge in [0.05, 0.1) is 0 Å². The van der Waals surface area contributed by atoms with Crippen molar-refractivity contribution in [2.45, 2.75) is 19.0 Å². The van der Waals surface area contributed by atoms with E-state index in [0.29, 0.717) is 0 Å². The van der Waals surface area contributed by atoms with Crippen molar-refractivity contribution in [3.05, 3.63) is 23.8 Å². The number of alkyl halides is 3. The number of hydrogen-bond donors (Lipinski definition) is 2. The summed E-state index contributed by atoms with van der Waals surface area (Å²) in [4.78, 5) is 10.8. The molecule has 1 aliphatic rings. The number of anilines is 2. The molecule has 6 heteroatoms. The molecular weight excluding hydrogens is 233 g/mol. The Kier molecular flexibility index (Phi) is 2.95. The summed E-state index contributed by atoms with van der Waals surface area (Å²) in [5.74, 6) is -1.94. The van der Waals surface area contributed by atoms with Gasteiger partial charge in [0.25, 0.3) is 0 Å². The molecule has 0 bridgehead atoms. The molecule has 0 fully saturated rings. The SMILES string of the molecule is O=C(Nc1ccc2c(c1)CCCN2)C(F)(F)F. The summed E-state index contributed by atoms with van der Waals surface area (Å²) < 4.78 is 36.1. The van der Waals surface area contributed by atoms with E-state index in [2.05, 4.69) is 5.32 Å². The van der Waals surface area contributed by atoms with E-state index >= 15 is 0 Å². The molecule has 92 valence electrons. The number of rotatable bonds is 1. The Balaban J connectivity index is 2.15. The van der Waals surface area contributed by atoms with Crippen LogP contribution in [0.2, 0.25) is 0 Å². The first-order valence-electron chi connectivity index (χ1n) is 5.22. The fourth-order valence-electron chi connectivity index (χ4n) is 1.75. The van der Waals surface area contributed by atoms with Crippen molar-refractivity contribution in [3.63, 3.8) is 0 Å². The highest BCUT2D eigenvalue weighted by molar-refractivity contribution is 5.95. The van der Waals surface area contributed by atoms with Gasteiger partial charge in [0.1, 0.15) is 0 Å². The van der Waals surface area contributed by atoms with Crippen LogP contribution >= 0.6 is 0 Å². The van der Waals surface area contributed by atoms with Gasteiger partial charge < -0.3 is 10.6 Å². The van der Waals surface area contributed by atoms with Crippen LogP contribution in [0.25, 0.3) is 0 Å². The van der Waals surface area contributed by atoms with Gasteiger partial charge >= 0.3 is 12.1 Å². The van der Waals surface area contributed by atoms with Gasteiger partial charge in [0.2, 0.25) is 0 Å². The van der Waals surface area contributed by atoms with E-state index in [4.69, 9.17) is 0 Å². The third-order valence-corrected chi connectivity index (χ3v) is 2.56. The lowest BCUT2D eigenvalue weighted by Crippen LogP contribution is -2.30. The summed E-state index contributed by atoms with van der Waals surface area (Å²) in [7, 11) is 0. The molecular formula is C11H11F3N2O. The molecule has 1 aliphatic heterocycles. The zero-order valence-electron chi connectivity index (χ0n) is 8.90. The summed E-state index contributed by atoms with van der Waals surface area (Å²) >= 11 is 0. The number of benzene rings is 1. The summed E-state index contributed by atoms with van der Waals surface area (Å²) in [5, 5.41) is 4.98. The van der Waals surface area contributed by atoms with Crippen LogP contribution in [0.15, 0.2) is 18.2 Å². The van der Waals surface area contributed by atoms with Crippen LogP contribution in [0.5, 0.6) is 0 Å². The van der Waals surface area contributed by atoms with E-state index in [-0.39, 0.29) is 5.69 Å². The molecule has 17 heavy (non-hydrogen) atoms. The molecule has 0 aliphatic carbocycles. The second-order valence-corrected chi connectivity index (χ2v) is 3.85. The summed E-state index contributed by atoms with van der Waals surface area (Å²) in [6.07, 6.45) is -3.12. The number of amides is 1. The van der Waals surface area contributed by atoms with Gasteiger partial charge in [-0.1, -0.05) is 0 Å². The van der Waals surface area contributed by atoms with E-state index in [1.54, 1.807) is 12.1 Å². The Morgan fingerprint density at radius 3 is 2.82 bits per heavy atom. The second-order valence-electron chi connectivity index (χ2n) is 3.85. The fraction of sp³-hybridized carbons (Fsp3) is 0.364. The first-order chi connectivity index (χ1) is 7.97. The molecule has 0 atom stereocenters. The average Bonchev–Trinajstić information content (AvgIpc) is 2.27. The summed E-state index contributed by atoms with van der Waals surface area (Å²) in [6.45, 7) is 0.862. The highest BCUT2D eigenvalue weighted by Gasteiger charge is 2.38.